The van der Waals surface area contributed by atoms with E-state index >= 15 is 0 Å². The maximum Gasteiger partial charge on any atom is 0.265 e. The first-order valence-corrected chi connectivity index (χ1v) is 10.1. The summed E-state index contributed by atoms with van der Waals surface area (Å²) in [7, 11) is 0. The van der Waals surface area contributed by atoms with Crippen LogP contribution in [0.5, 0.6) is 5.75 Å². The molecule has 1 aromatic carbocycles. The van der Waals surface area contributed by atoms with Gasteiger partial charge in [-0.05, 0) is 24.3 Å². The summed E-state index contributed by atoms with van der Waals surface area (Å²) in [5.74, 6) is 0.679. The highest BCUT2D eigenvalue weighted by Gasteiger charge is 2.34. The monoisotopic (exact) mass is 402 g/mol. The van der Waals surface area contributed by atoms with Crippen molar-refractivity contribution in [2.45, 2.75) is 12.6 Å². The number of pyridine rings is 1. The van der Waals surface area contributed by atoms with E-state index in [1.165, 1.54) is 0 Å². The number of fused-ring (bicyclic) bond motifs is 2. The highest BCUT2D eigenvalue weighted by Crippen LogP contribution is 2.35. The molecule has 1 fully saturated rings. The molecular formula is C23H22N4O3. The van der Waals surface area contributed by atoms with Crippen LogP contribution in [0.25, 0.3) is 5.52 Å². The van der Waals surface area contributed by atoms with E-state index in [-0.39, 0.29) is 5.91 Å². The summed E-state index contributed by atoms with van der Waals surface area (Å²) in [6.07, 6.45) is 3.35. The predicted octanol–water partition coefficient (Wildman–Crippen LogP) is 2.44. The molecule has 0 N–H and O–H groups in total. The van der Waals surface area contributed by atoms with Crippen molar-refractivity contribution in [2.75, 3.05) is 37.7 Å². The maximum absolute atomic E-state index is 13.1. The van der Waals surface area contributed by atoms with Crippen LogP contribution in [0.4, 0.5) is 5.69 Å². The Balaban J connectivity index is 1.46. The zero-order valence-electron chi connectivity index (χ0n) is 16.5. The first-order chi connectivity index (χ1) is 14.7. The Bertz CT molecular complexity index is 1130. The minimum atomic E-state index is -0.583. The first-order valence-electron chi connectivity index (χ1n) is 10.1. The first kappa shape index (κ1) is 18.5. The number of hydrogen-bond acceptors (Lipinski definition) is 5. The van der Waals surface area contributed by atoms with Gasteiger partial charge < -0.3 is 23.7 Å². The van der Waals surface area contributed by atoms with Crippen molar-refractivity contribution in [1.82, 2.24) is 9.30 Å². The van der Waals surface area contributed by atoms with Crippen LogP contribution >= 0.6 is 0 Å². The molecule has 4 heterocycles. The third-order valence-corrected chi connectivity index (χ3v) is 5.69. The molecule has 0 saturated carbocycles. The van der Waals surface area contributed by atoms with Crippen molar-refractivity contribution in [3.05, 3.63) is 66.0 Å². The molecule has 0 radical (unpaired) electrons. The minimum Gasteiger partial charge on any atom is -0.477 e. The van der Waals surface area contributed by atoms with Crippen LogP contribution in [0.15, 0.2) is 54.9 Å². The fourth-order valence-corrected chi connectivity index (χ4v) is 4.20. The number of aromatic nitrogens is 1. The zero-order valence-corrected chi connectivity index (χ0v) is 16.5. The van der Waals surface area contributed by atoms with E-state index in [4.69, 9.17) is 9.47 Å². The number of amides is 1. The maximum atomic E-state index is 13.1. The summed E-state index contributed by atoms with van der Waals surface area (Å²) in [4.78, 5) is 17.0. The van der Waals surface area contributed by atoms with Crippen LogP contribution in [0.2, 0.25) is 0 Å². The van der Waals surface area contributed by atoms with E-state index in [0.29, 0.717) is 50.7 Å². The highest BCUT2D eigenvalue weighted by molar-refractivity contribution is 5.83. The fraction of sp³-hybridized carbons (Fsp3) is 0.304. The lowest BCUT2D eigenvalue weighted by atomic mass is 10.1. The van der Waals surface area contributed by atoms with Gasteiger partial charge in [0.15, 0.2) is 6.10 Å². The van der Waals surface area contributed by atoms with E-state index in [1.807, 2.05) is 64.2 Å². The molecule has 1 saturated heterocycles. The Morgan fingerprint density at radius 1 is 1.13 bits per heavy atom. The molecule has 3 aromatic rings. The van der Waals surface area contributed by atoms with E-state index in [2.05, 4.69) is 11.0 Å². The molecule has 7 nitrogen and oxygen atoms in total. The SMILES string of the molecule is N#Cc1c(CN2C[C@@H](C(=O)N3CCOCC3)Oc3ccccc32)cn2ccccc12. The molecule has 1 amide bonds. The van der Waals surface area contributed by atoms with Crippen LogP contribution in [0, 0.1) is 11.3 Å². The van der Waals surface area contributed by atoms with Crippen LogP contribution < -0.4 is 9.64 Å². The van der Waals surface area contributed by atoms with Gasteiger partial charge in [-0.2, -0.15) is 5.26 Å². The normalized spacial score (nSPS) is 18.6. The number of nitriles is 1. The number of morpholine rings is 1. The van der Waals surface area contributed by atoms with Gasteiger partial charge in [-0.3, -0.25) is 4.79 Å². The number of rotatable bonds is 3. The van der Waals surface area contributed by atoms with Crippen molar-refractivity contribution in [3.8, 4) is 11.8 Å². The fourth-order valence-electron chi connectivity index (χ4n) is 4.20. The van der Waals surface area contributed by atoms with E-state index in [9.17, 15) is 10.1 Å². The van der Waals surface area contributed by atoms with Gasteiger partial charge in [0.05, 0.1) is 36.5 Å². The Kier molecular flexibility index (Phi) is 4.77. The summed E-state index contributed by atoms with van der Waals surface area (Å²) in [5, 5.41) is 9.76. The topological polar surface area (TPSA) is 70.2 Å². The number of para-hydroxylation sites is 2. The average molecular weight is 402 g/mol. The van der Waals surface area contributed by atoms with Gasteiger partial charge in [-0.25, -0.2) is 0 Å². The molecule has 2 aromatic heterocycles. The minimum absolute atomic E-state index is 0.0136. The number of anilines is 1. The summed E-state index contributed by atoms with van der Waals surface area (Å²) in [6.45, 7) is 3.25. The molecule has 2 aliphatic heterocycles. The van der Waals surface area contributed by atoms with Crippen molar-refractivity contribution in [2.24, 2.45) is 0 Å². The summed E-state index contributed by atoms with van der Waals surface area (Å²) < 4.78 is 13.4. The van der Waals surface area contributed by atoms with Gasteiger partial charge in [0.2, 0.25) is 0 Å². The van der Waals surface area contributed by atoms with Crippen LogP contribution in [0.1, 0.15) is 11.1 Å². The number of ether oxygens (including phenoxy) is 2. The summed E-state index contributed by atoms with van der Waals surface area (Å²) in [6, 6.07) is 15.9. The third kappa shape index (κ3) is 3.25. The number of carbonyl (C=O) groups is 1. The van der Waals surface area contributed by atoms with Gasteiger partial charge in [0.25, 0.3) is 5.91 Å². The quantitative estimate of drug-likeness (QED) is 0.673. The standard InChI is InChI=1S/C23H22N4O3/c24-13-18-17(14-26-8-4-3-5-19(18)26)15-27-16-22(23(28)25-9-11-29-12-10-25)30-21-7-2-1-6-20(21)27/h1-8,14,22H,9-12,15-16H2/t22-/m0/s1. The molecule has 2 aliphatic rings. The molecule has 7 heteroatoms. The third-order valence-electron chi connectivity index (χ3n) is 5.69. The second-order valence-electron chi connectivity index (χ2n) is 7.53. The molecule has 0 aliphatic carbocycles. The van der Waals surface area contributed by atoms with E-state index < -0.39 is 6.10 Å². The van der Waals surface area contributed by atoms with Crippen LogP contribution in [-0.2, 0) is 16.1 Å². The van der Waals surface area contributed by atoms with Gasteiger partial charge in [-0.15, -0.1) is 0 Å². The van der Waals surface area contributed by atoms with Crippen LogP contribution in [0.3, 0.4) is 0 Å². The lowest BCUT2D eigenvalue weighted by molar-refractivity contribution is -0.142. The highest BCUT2D eigenvalue weighted by atomic mass is 16.5. The molecule has 5 rings (SSSR count). The largest absolute Gasteiger partial charge is 0.477 e. The van der Waals surface area contributed by atoms with Crippen LogP contribution in [-0.4, -0.2) is 54.2 Å². The Morgan fingerprint density at radius 3 is 2.77 bits per heavy atom. The number of nitrogens with zero attached hydrogens (tertiary/aromatic N) is 4. The molecule has 152 valence electrons. The average Bonchev–Trinajstić information content (AvgIpc) is 3.16. The summed E-state index contributed by atoms with van der Waals surface area (Å²) >= 11 is 0. The van der Waals surface area contributed by atoms with Crippen molar-refractivity contribution in [3.63, 3.8) is 0 Å². The Hall–Kier alpha value is -3.50. The predicted molar refractivity (Wildman–Crippen MR) is 111 cm³/mol. The molecule has 1 atom stereocenters. The van der Waals surface area contributed by atoms with Gasteiger partial charge in [0, 0.05) is 37.6 Å². The Morgan fingerprint density at radius 2 is 1.93 bits per heavy atom. The lowest BCUT2D eigenvalue weighted by Gasteiger charge is -2.38. The molecule has 30 heavy (non-hydrogen) atoms. The number of carbonyl (C=O) groups excluding carboxylic acids is 1. The molecular weight excluding hydrogens is 380 g/mol. The summed E-state index contributed by atoms with van der Waals surface area (Å²) in [5.41, 5.74) is 3.41. The van der Waals surface area contributed by atoms with Gasteiger partial charge in [0.1, 0.15) is 11.8 Å². The second-order valence-corrected chi connectivity index (χ2v) is 7.53. The number of hydrogen-bond donors (Lipinski definition) is 0. The van der Waals surface area contributed by atoms with Crippen molar-refractivity contribution >= 4 is 17.1 Å². The van der Waals surface area contributed by atoms with Gasteiger partial charge >= 0.3 is 0 Å². The van der Waals surface area contributed by atoms with Crippen molar-refractivity contribution < 1.29 is 14.3 Å². The smallest absolute Gasteiger partial charge is 0.265 e. The van der Waals surface area contributed by atoms with Crippen molar-refractivity contribution in [1.29, 1.82) is 5.26 Å². The lowest BCUT2D eigenvalue weighted by Crippen LogP contribution is -2.52. The number of benzene rings is 1. The molecule has 0 unspecified atom stereocenters. The molecule has 0 spiro atoms. The zero-order chi connectivity index (χ0) is 20.5. The van der Waals surface area contributed by atoms with Gasteiger partial charge in [-0.1, -0.05) is 18.2 Å². The Labute approximate surface area is 174 Å². The van der Waals surface area contributed by atoms with E-state index in [1.54, 1.807) is 0 Å². The van der Waals surface area contributed by atoms with E-state index in [0.717, 1.165) is 16.8 Å². The second kappa shape index (κ2) is 7.73. The molecule has 0 bridgehead atoms.